The zero-order valence-corrected chi connectivity index (χ0v) is 11.6. The fourth-order valence-corrected chi connectivity index (χ4v) is 1.74. The van der Waals surface area contributed by atoms with Crippen LogP contribution in [0.2, 0.25) is 0 Å². The van der Waals surface area contributed by atoms with Gasteiger partial charge in [0.05, 0.1) is 17.0 Å². The number of nitrogens with one attached hydrogen (secondary N) is 2. The SMILES string of the molecule is CC(O)C(C)(C)NC(=O)c1n[nH]c(=O)c2ccccc12. The highest BCUT2D eigenvalue weighted by Crippen LogP contribution is 2.15. The van der Waals surface area contributed by atoms with Gasteiger partial charge in [-0.15, -0.1) is 0 Å². The fourth-order valence-electron chi connectivity index (χ4n) is 1.74. The summed E-state index contributed by atoms with van der Waals surface area (Å²) in [5, 5.41) is 19.4. The summed E-state index contributed by atoms with van der Waals surface area (Å²) in [6.07, 6.45) is -0.722. The molecule has 0 aliphatic rings. The maximum atomic E-state index is 12.3. The molecule has 1 unspecified atom stereocenters. The molecule has 6 heteroatoms. The molecule has 0 aliphatic heterocycles. The maximum Gasteiger partial charge on any atom is 0.272 e. The van der Waals surface area contributed by atoms with Gasteiger partial charge in [0, 0.05) is 5.39 Å². The molecule has 0 fully saturated rings. The van der Waals surface area contributed by atoms with Gasteiger partial charge in [0.25, 0.3) is 11.5 Å². The van der Waals surface area contributed by atoms with Gasteiger partial charge in [0.15, 0.2) is 5.69 Å². The summed E-state index contributed by atoms with van der Waals surface area (Å²) in [6, 6.07) is 6.76. The van der Waals surface area contributed by atoms with Crippen LogP contribution in [0.4, 0.5) is 0 Å². The van der Waals surface area contributed by atoms with Crippen LogP contribution in [-0.4, -0.2) is 32.9 Å². The average molecular weight is 275 g/mol. The van der Waals surface area contributed by atoms with Gasteiger partial charge in [-0.2, -0.15) is 5.10 Å². The second-order valence-corrected chi connectivity index (χ2v) is 5.30. The number of benzene rings is 1. The van der Waals surface area contributed by atoms with E-state index in [2.05, 4.69) is 15.5 Å². The van der Waals surface area contributed by atoms with Crippen molar-refractivity contribution in [1.82, 2.24) is 15.5 Å². The Morgan fingerprint density at radius 3 is 2.55 bits per heavy atom. The van der Waals surface area contributed by atoms with Gasteiger partial charge in [-0.3, -0.25) is 9.59 Å². The molecule has 1 atom stereocenters. The van der Waals surface area contributed by atoms with Crippen molar-refractivity contribution >= 4 is 16.7 Å². The van der Waals surface area contributed by atoms with Gasteiger partial charge >= 0.3 is 0 Å². The first kappa shape index (κ1) is 14.2. The highest BCUT2D eigenvalue weighted by Gasteiger charge is 2.27. The molecular formula is C14H17N3O3. The Morgan fingerprint density at radius 2 is 1.95 bits per heavy atom. The van der Waals surface area contributed by atoms with Crippen molar-refractivity contribution in [2.75, 3.05) is 0 Å². The maximum absolute atomic E-state index is 12.3. The van der Waals surface area contributed by atoms with Crippen molar-refractivity contribution in [3.63, 3.8) is 0 Å². The van der Waals surface area contributed by atoms with E-state index < -0.39 is 17.6 Å². The number of aliphatic hydroxyl groups excluding tert-OH is 1. The molecule has 3 N–H and O–H groups in total. The van der Waals surface area contributed by atoms with Crippen molar-refractivity contribution in [2.45, 2.75) is 32.4 Å². The Bertz CT molecular complexity index is 704. The summed E-state index contributed by atoms with van der Waals surface area (Å²) in [5.74, 6) is -0.441. The summed E-state index contributed by atoms with van der Waals surface area (Å²) < 4.78 is 0. The first-order chi connectivity index (χ1) is 9.33. The first-order valence-corrected chi connectivity index (χ1v) is 6.31. The predicted octanol–water partition coefficient (Wildman–Crippen LogP) is 0.812. The number of aliphatic hydroxyl groups is 1. The van der Waals surface area contributed by atoms with E-state index in [1.54, 1.807) is 45.0 Å². The Morgan fingerprint density at radius 1 is 1.35 bits per heavy atom. The van der Waals surface area contributed by atoms with Crippen molar-refractivity contribution in [2.24, 2.45) is 0 Å². The molecule has 0 saturated heterocycles. The normalized spacial score (nSPS) is 13.2. The summed E-state index contributed by atoms with van der Waals surface area (Å²) in [5.41, 5.74) is -1.00. The Hall–Kier alpha value is -2.21. The van der Waals surface area contributed by atoms with Gasteiger partial charge in [-0.1, -0.05) is 18.2 Å². The summed E-state index contributed by atoms with van der Waals surface area (Å²) in [6.45, 7) is 5.02. The lowest BCUT2D eigenvalue weighted by Crippen LogP contribution is -2.51. The quantitative estimate of drug-likeness (QED) is 0.772. The number of H-pyrrole nitrogens is 1. The largest absolute Gasteiger partial charge is 0.391 e. The van der Waals surface area contributed by atoms with Crippen LogP contribution in [0.5, 0.6) is 0 Å². The van der Waals surface area contributed by atoms with Crippen molar-refractivity contribution in [3.05, 3.63) is 40.3 Å². The van der Waals surface area contributed by atoms with E-state index in [-0.39, 0.29) is 11.3 Å². The second-order valence-electron chi connectivity index (χ2n) is 5.30. The Balaban J connectivity index is 2.46. The fraction of sp³-hybridized carbons (Fsp3) is 0.357. The molecule has 0 bridgehead atoms. The van der Waals surface area contributed by atoms with Crippen LogP contribution in [0, 0.1) is 0 Å². The summed E-state index contributed by atoms with van der Waals surface area (Å²) in [7, 11) is 0. The lowest BCUT2D eigenvalue weighted by atomic mass is 9.98. The number of rotatable bonds is 3. The molecule has 2 rings (SSSR count). The molecule has 1 aromatic carbocycles. The van der Waals surface area contributed by atoms with E-state index in [0.29, 0.717) is 10.8 Å². The minimum atomic E-state index is -0.796. The topological polar surface area (TPSA) is 95.1 Å². The monoisotopic (exact) mass is 275 g/mol. The minimum absolute atomic E-state index is 0.133. The van der Waals surface area contributed by atoms with Crippen LogP contribution in [0.3, 0.4) is 0 Å². The molecule has 1 heterocycles. The molecule has 1 amide bonds. The number of fused-ring (bicyclic) bond motifs is 1. The molecule has 6 nitrogen and oxygen atoms in total. The van der Waals surface area contributed by atoms with Crippen LogP contribution in [0.1, 0.15) is 31.3 Å². The lowest BCUT2D eigenvalue weighted by Gasteiger charge is -2.29. The van der Waals surface area contributed by atoms with Crippen LogP contribution >= 0.6 is 0 Å². The zero-order valence-electron chi connectivity index (χ0n) is 11.6. The third kappa shape index (κ3) is 2.55. The number of hydrogen-bond donors (Lipinski definition) is 3. The van der Waals surface area contributed by atoms with Crippen LogP contribution < -0.4 is 10.9 Å². The van der Waals surface area contributed by atoms with E-state index in [1.807, 2.05) is 0 Å². The average Bonchev–Trinajstić information content (AvgIpc) is 2.38. The van der Waals surface area contributed by atoms with Crippen molar-refractivity contribution in [3.8, 4) is 0 Å². The van der Waals surface area contributed by atoms with Crippen LogP contribution in [0.25, 0.3) is 10.8 Å². The summed E-state index contributed by atoms with van der Waals surface area (Å²) in [4.78, 5) is 23.9. The van der Waals surface area contributed by atoms with E-state index in [9.17, 15) is 14.7 Å². The third-order valence-electron chi connectivity index (χ3n) is 3.39. The van der Waals surface area contributed by atoms with E-state index >= 15 is 0 Å². The third-order valence-corrected chi connectivity index (χ3v) is 3.39. The smallest absolute Gasteiger partial charge is 0.272 e. The number of carbonyl (C=O) groups is 1. The molecule has 20 heavy (non-hydrogen) atoms. The van der Waals surface area contributed by atoms with Gasteiger partial charge < -0.3 is 10.4 Å². The van der Waals surface area contributed by atoms with E-state index in [1.165, 1.54) is 0 Å². The van der Waals surface area contributed by atoms with Crippen molar-refractivity contribution < 1.29 is 9.90 Å². The van der Waals surface area contributed by atoms with Crippen LogP contribution in [-0.2, 0) is 0 Å². The van der Waals surface area contributed by atoms with Gasteiger partial charge in [-0.05, 0) is 26.8 Å². The number of hydrogen-bond acceptors (Lipinski definition) is 4. The number of aromatic amines is 1. The molecular weight excluding hydrogens is 258 g/mol. The van der Waals surface area contributed by atoms with Gasteiger partial charge in [0.2, 0.25) is 0 Å². The molecule has 0 saturated carbocycles. The molecule has 106 valence electrons. The highest BCUT2D eigenvalue weighted by atomic mass is 16.3. The molecule has 0 radical (unpaired) electrons. The zero-order chi connectivity index (χ0) is 14.9. The van der Waals surface area contributed by atoms with Crippen LogP contribution in [0.15, 0.2) is 29.1 Å². The van der Waals surface area contributed by atoms with E-state index in [0.717, 1.165) is 0 Å². The van der Waals surface area contributed by atoms with Gasteiger partial charge in [0.1, 0.15) is 0 Å². The minimum Gasteiger partial charge on any atom is -0.391 e. The number of nitrogens with zero attached hydrogens (tertiary/aromatic N) is 1. The van der Waals surface area contributed by atoms with E-state index in [4.69, 9.17) is 0 Å². The molecule has 1 aromatic heterocycles. The number of amides is 1. The first-order valence-electron chi connectivity index (χ1n) is 6.31. The standard InChI is InChI=1S/C14H17N3O3/c1-8(18)14(2,3)15-13(20)11-9-6-4-5-7-10(9)12(19)17-16-11/h4-8,18H,1-3H3,(H,15,20)(H,17,19). The predicted molar refractivity (Wildman–Crippen MR) is 75.6 cm³/mol. The molecule has 0 aliphatic carbocycles. The Labute approximate surface area is 115 Å². The molecule has 0 spiro atoms. The summed E-state index contributed by atoms with van der Waals surface area (Å²) >= 11 is 0. The highest BCUT2D eigenvalue weighted by molar-refractivity contribution is 6.04. The van der Waals surface area contributed by atoms with Gasteiger partial charge in [-0.25, -0.2) is 5.10 Å². The number of carbonyl (C=O) groups excluding carboxylic acids is 1. The molecule has 2 aromatic rings. The number of aromatic nitrogens is 2. The van der Waals surface area contributed by atoms with Crippen molar-refractivity contribution in [1.29, 1.82) is 0 Å². The Kier molecular flexibility index (Phi) is 3.59. The second kappa shape index (κ2) is 5.05. The lowest BCUT2D eigenvalue weighted by molar-refractivity contribution is 0.0706.